The fourth-order valence-corrected chi connectivity index (χ4v) is 9.24. The van der Waals surface area contributed by atoms with Gasteiger partial charge < -0.3 is 0 Å². The Morgan fingerprint density at radius 3 is 1.25 bits per heavy atom. The van der Waals surface area contributed by atoms with E-state index in [-0.39, 0.29) is 0 Å². The fourth-order valence-electron chi connectivity index (χ4n) is 8.02. The molecule has 0 spiro atoms. The lowest BCUT2D eigenvalue weighted by atomic mass is 9.94. The summed E-state index contributed by atoms with van der Waals surface area (Å²) in [4.78, 5) is 20.3. The van der Waals surface area contributed by atoms with Crippen LogP contribution in [0.1, 0.15) is 0 Å². The van der Waals surface area contributed by atoms with Gasteiger partial charge in [0.25, 0.3) is 0 Å². The van der Waals surface area contributed by atoms with Gasteiger partial charge in [-0.1, -0.05) is 182 Å². The van der Waals surface area contributed by atoms with Crippen LogP contribution in [0.15, 0.2) is 218 Å². The van der Waals surface area contributed by atoms with Crippen LogP contribution in [-0.4, -0.2) is 19.9 Å². The van der Waals surface area contributed by atoms with Gasteiger partial charge in [-0.25, -0.2) is 19.9 Å². The molecule has 0 aliphatic carbocycles. The Kier molecular flexibility index (Phi) is 9.34. The van der Waals surface area contributed by atoms with Crippen molar-refractivity contribution in [3.8, 4) is 90.1 Å². The van der Waals surface area contributed by atoms with Crippen LogP contribution in [0.25, 0.3) is 110 Å². The maximum atomic E-state index is 5.16. The van der Waals surface area contributed by atoms with Gasteiger partial charge in [0, 0.05) is 59.1 Å². The van der Waals surface area contributed by atoms with Crippen molar-refractivity contribution in [3.63, 3.8) is 0 Å². The zero-order valence-corrected chi connectivity index (χ0v) is 33.8. The van der Waals surface area contributed by atoms with Gasteiger partial charge in [-0.2, -0.15) is 0 Å². The maximum absolute atomic E-state index is 5.16. The first-order valence-electron chi connectivity index (χ1n) is 20.4. The summed E-state index contributed by atoms with van der Waals surface area (Å²) < 4.78 is 2.53. The molecule has 3 aromatic heterocycles. The minimum atomic E-state index is 0.703. The number of fused-ring (bicyclic) bond motifs is 3. The van der Waals surface area contributed by atoms with Crippen LogP contribution in [0.4, 0.5) is 0 Å². The normalized spacial score (nSPS) is 11.3. The van der Waals surface area contributed by atoms with Crippen LogP contribution in [0.3, 0.4) is 0 Å². The van der Waals surface area contributed by atoms with Crippen molar-refractivity contribution in [1.29, 1.82) is 0 Å². The summed E-state index contributed by atoms with van der Waals surface area (Å²) in [6, 6.07) is 76.3. The van der Waals surface area contributed by atoms with Gasteiger partial charge in [0.05, 0.1) is 22.8 Å². The van der Waals surface area contributed by atoms with E-state index in [2.05, 4.69) is 158 Å². The summed E-state index contributed by atoms with van der Waals surface area (Å²) in [5, 5.41) is 2.51. The highest BCUT2D eigenvalue weighted by atomic mass is 32.1. The molecule has 3 heterocycles. The van der Waals surface area contributed by atoms with Crippen molar-refractivity contribution in [1.82, 2.24) is 19.9 Å². The molecule has 0 bridgehead atoms. The Labute approximate surface area is 358 Å². The molecule has 11 rings (SSSR count). The Morgan fingerprint density at radius 2 is 0.689 bits per heavy atom. The predicted octanol–water partition coefficient (Wildman–Crippen LogP) is 15.0. The highest BCUT2D eigenvalue weighted by Gasteiger charge is 2.17. The quantitative estimate of drug-likeness (QED) is 0.154. The number of rotatable bonds is 8. The van der Waals surface area contributed by atoms with Gasteiger partial charge in [-0.05, 0) is 53.1 Å². The van der Waals surface area contributed by atoms with Crippen LogP contribution in [-0.2, 0) is 0 Å². The molecule has 0 fully saturated rings. The largest absolute Gasteiger partial charge is 0.228 e. The van der Waals surface area contributed by atoms with Crippen molar-refractivity contribution >= 4 is 31.5 Å². The molecule has 0 amide bonds. The van der Waals surface area contributed by atoms with Crippen molar-refractivity contribution in [3.05, 3.63) is 218 Å². The molecule has 0 radical (unpaired) electrons. The van der Waals surface area contributed by atoms with Crippen LogP contribution in [0.5, 0.6) is 0 Å². The lowest BCUT2D eigenvalue weighted by Gasteiger charge is -2.13. The van der Waals surface area contributed by atoms with Crippen LogP contribution in [0.2, 0.25) is 0 Å². The van der Waals surface area contributed by atoms with E-state index in [0.717, 1.165) is 72.8 Å². The molecule has 8 aromatic carbocycles. The highest BCUT2D eigenvalue weighted by molar-refractivity contribution is 7.26. The Balaban J connectivity index is 1.02. The maximum Gasteiger partial charge on any atom is 0.160 e. The van der Waals surface area contributed by atoms with Gasteiger partial charge >= 0.3 is 0 Å². The van der Waals surface area contributed by atoms with Crippen molar-refractivity contribution in [2.45, 2.75) is 0 Å². The number of hydrogen-bond donors (Lipinski definition) is 0. The monoisotopic (exact) mass is 796 g/mol. The summed E-state index contributed by atoms with van der Waals surface area (Å²) in [5.41, 5.74) is 14.3. The molecule has 0 atom stereocenters. The molecule has 0 N–H and O–H groups in total. The third kappa shape index (κ3) is 7.18. The zero-order valence-electron chi connectivity index (χ0n) is 33.0. The number of aromatic nitrogens is 4. The van der Waals surface area contributed by atoms with E-state index in [1.165, 1.54) is 25.7 Å². The molecule has 0 saturated heterocycles. The number of thiophene rings is 1. The molecule has 5 heteroatoms. The lowest BCUT2D eigenvalue weighted by molar-refractivity contribution is 1.18. The Hall–Kier alpha value is -7.86. The second-order valence-electron chi connectivity index (χ2n) is 15.0. The zero-order chi connectivity index (χ0) is 40.5. The number of benzene rings is 8. The molecule has 0 unspecified atom stereocenters. The average Bonchev–Trinajstić information content (AvgIpc) is 3.73. The van der Waals surface area contributed by atoms with Crippen molar-refractivity contribution < 1.29 is 0 Å². The summed E-state index contributed by atoms with van der Waals surface area (Å²) in [5.74, 6) is 1.41. The third-order valence-electron chi connectivity index (χ3n) is 11.1. The van der Waals surface area contributed by atoms with Gasteiger partial charge in [0.15, 0.2) is 11.6 Å². The molecule has 286 valence electrons. The summed E-state index contributed by atoms with van der Waals surface area (Å²) in [6.45, 7) is 0. The molecule has 11 aromatic rings. The second-order valence-corrected chi connectivity index (χ2v) is 16.1. The van der Waals surface area contributed by atoms with E-state index >= 15 is 0 Å². The summed E-state index contributed by atoms with van der Waals surface area (Å²) >= 11 is 1.85. The first-order valence-corrected chi connectivity index (χ1v) is 21.2. The second kappa shape index (κ2) is 15.7. The first-order chi connectivity index (χ1) is 30.2. The molecule has 0 aliphatic heterocycles. The van der Waals surface area contributed by atoms with Crippen molar-refractivity contribution in [2.24, 2.45) is 0 Å². The van der Waals surface area contributed by atoms with E-state index < -0.39 is 0 Å². The van der Waals surface area contributed by atoms with E-state index in [9.17, 15) is 0 Å². The van der Waals surface area contributed by atoms with E-state index in [4.69, 9.17) is 19.9 Å². The van der Waals surface area contributed by atoms with E-state index in [1.54, 1.807) is 0 Å². The minimum Gasteiger partial charge on any atom is -0.228 e. The standard InChI is InChI=1S/C56H36N4S/c1-5-16-38(17-6-1)49-35-51(59-55(57-49)41-20-9-3-10-21-41)40-30-28-37(29-31-40)45-33-47(54-48(34-45)46-26-13-14-27-53(46)61-54)43-24-15-25-44(32-43)52-36-50(39-18-7-2-8-19-39)58-56(60-52)42-22-11-4-12-23-42/h1-36H. The van der Waals surface area contributed by atoms with Crippen molar-refractivity contribution in [2.75, 3.05) is 0 Å². The third-order valence-corrected chi connectivity index (χ3v) is 12.3. The van der Waals surface area contributed by atoms with Gasteiger partial charge in [-0.15, -0.1) is 11.3 Å². The predicted molar refractivity (Wildman–Crippen MR) is 254 cm³/mol. The SMILES string of the molecule is c1ccc(-c2cc(-c3ccc(-c4cc(-c5cccc(-c6cc(-c7ccccc7)nc(-c7ccccc7)n6)c5)c5sc6ccccc6c5c4)cc3)nc(-c3ccccc3)n2)cc1. The van der Waals surface area contributed by atoms with Crippen LogP contribution in [0, 0.1) is 0 Å². The Bertz CT molecular complexity index is 3210. The van der Waals surface area contributed by atoms with Gasteiger partial charge in [-0.3, -0.25) is 0 Å². The molecular formula is C56H36N4S. The number of nitrogens with zero attached hydrogens (tertiary/aromatic N) is 4. The smallest absolute Gasteiger partial charge is 0.160 e. The fraction of sp³-hybridized carbons (Fsp3) is 0. The average molecular weight is 797 g/mol. The topological polar surface area (TPSA) is 51.6 Å². The minimum absolute atomic E-state index is 0.703. The highest BCUT2D eigenvalue weighted by Crippen LogP contribution is 2.44. The van der Waals surface area contributed by atoms with Crippen LogP contribution >= 0.6 is 11.3 Å². The van der Waals surface area contributed by atoms with E-state index in [1.807, 2.05) is 72.0 Å². The molecular weight excluding hydrogens is 761 g/mol. The molecule has 61 heavy (non-hydrogen) atoms. The Morgan fingerprint density at radius 1 is 0.262 bits per heavy atom. The van der Waals surface area contributed by atoms with Gasteiger partial charge in [0.2, 0.25) is 0 Å². The molecule has 0 saturated carbocycles. The molecule has 4 nitrogen and oxygen atoms in total. The van der Waals surface area contributed by atoms with Gasteiger partial charge in [0.1, 0.15) is 0 Å². The molecule has 0 aliphatic rings. The van der Waals surface area contributed by atoms with Crippen LogP contribution < -0.4 is 0 Å². The summed E-state index contributed by atoms with van der Waals surface area (Å²) in [7, 11) is 0. The lowest BCUT2D eigenvalue weighted by Crippen LogP contribution is -1.96. The first kappa shape index (κ1) is 36.2. The van der Waals surface area contributed by atoms with E-state index in [0.29, 0.717) is 11.6 Å². The summed E-state index contributed by atoms with van der Waals surface area (Å²) in [6.07, 6.45) is 0. The number of hydrogen-bond acceptors (Lipinski definition) is 5.